The lowest BCUT2D eigenvalue weighted by molar-refractivity contribution is -0.384. The first kappa shape index (κ1) is 11.1. The van der Waals surface area contributed by atoms with E-state index in [0.29, 0.717) is 5.56 Å². The van der Waals surface area contributed by atoms with Gasteiger partial charge >= 0.3 is 0 Å². The Labute approximate surface area is 97.2 Å². The number of hydrogen-bond donors (Lipinski definition) is 0. The topological polar surface area (TPSA) is 60.2 Å². The molecule has 0 aromatic heterocycles. The minimum absolute atomic E-state index is 0.0171. The molecule has 4 nitrogen and oxygen atoms in total. The van der Waals surface area contributed by atoms with Crippen molar-refractivity contribution in [3.8, 4) is 0 Å². The highest BCUT2D eigenvalue weighted by atomic mass is 32.2. The summed E-state index contributed by atoms with van der Waals surface area (Å²) in [4.78, 5) is 22.1. The lowest BCUT2D eigenvalue weighted by atomic mass is 9.97. The summed E-state index contributed by atoms with van der Waals surface area (Å²) in [5.41, 5.74) is 0.443. The van der Waals surface area contributed by atoms with Crippen LogP contribution in [0.15, 0.2) is 24.3 Å². The summed E-state index contributed by atoms with van der Waals surface area (Å²) in [5.74, 6) is 1.91. The molecule has 1 saturated heterocycles. The van der Waals surface area contributed by atoms with E-state index in [1.807, 2.05) is 0 Å². The highest BCUT2D eigenvalue weighted by Gasteiger charge is 2.25. The van der Waals surface area contributed by atoms with Gasteiger partial charge in [0.05, 0.1) is 4.92 Å². The summed E-state index contributed by atoms with van der Waals surface area (Å²) < 4.78 is 0. The number of non-ortho nitro benzene ring substituents is 1. The zero-order valence-corrected chi connectivity index (χ0v) is 9.40. The van der Waals surface area contributed by atoms with Crippen molar-refractivity contribution in [2.24, 2.45) is 5.92 Å². The summed E-state index contributed by atoms with van der Waals surface area (Å²) in [6, 6.07) is 5.98. The summed E-state index contributed by atoms with van der Waals surface area (Å²) in [6.07, 6.45) is 0.881. The number of rotatable bonds is 3. The van der Waals surface area contributed by atoms with Crippen molar-refractivity contribution in [2.45, 2.75) is 6.42 Å². The molecule has 0 saturated carbocycles. The zero-order chi connectivity index (χ0) is 11.5. The average Bonchev–Trinajstić information content (AvgIpc) is 2.81. The molecule has 0 N–H and O–H groups in total. The van der Waals surface area contributed by atoms with Crippen LogP contribution in [0.1, 0.15) is 16.8 Å². The van der Waals surface area contributed by atoms with Crippen LogP contribution in [0.25, 0.3) is 0 Å². The van der Waals surface area contributed by atoms with E-state index in [2.05, 4.69) is 0 Å². The van der Waals surface area contributed by atoms with Crippen LogP contribution in [-0.4, -0.2) is 22.2 Å². The van der Waals surface area contributed by atoms with Gasteiger partial charge in [0.15, 0.2) is 5.78 Å². The van der Waals surface area contributed by atoms with E-state index in [4.69, 9.17) is 0 Å². The largest absolute Gasteiger partial charge is 0.294 e. The van der Waals surface area contributed by atoms with Gasteiger partial charge in [0.25, 0.3) is 5.69 Å². The molecule has 0 radical (unpaired) electrons. The van der Waals surface area contributed by atoms with Crippen LogP contribution in [0.5, 0.6) is 0 Å². The molecular weight excluding hydrogens is 226 g/mol. The van der Waals surface area contributed by atoms with Gasteiger partial charge in [-0.05, 0) is 12.2 Å². The Kier molecular flexibility index (Phi) is 3.24. The third kappa shape index (κ3) is 2.24. The molecule has 1 aliphatic heterocycles. The lowest BCUT2D eigenvalue weighted by Gasteiger charge is -2.06. The second kappa shape index (κ2) is 4.65. The molecule has 5 heteroatoms. The Morgan fingerprint density at radius 1 is 1.50 bits per heavy atom. The van der Waals surface area contributed by atoms with Crippen molar-refractivity contribution in [3.63, 3.8) is 0 Å². The van der Waals surface area contributed by atoms with Gasteiger partial charge in [-0.3, -0.25) is 14.9 Å². The van der Waals surface area contributed by atoms with Crippen LogP contribution in [0.4, 0.5) is 5.69 Å². The number of nitro groups is 1. The van der Waals surface area contributed by atoms with E-state index >= 15 is 0 Å². The molecule has 1 fully saturated rings. The SMILES string of the molecule is O=C(c1cccc([N+](=O)[O-])c1)C1CCSC1. The standard InChI is InChI=1S/C11H11NO3S/c13-11(9-4-5-16-7-9)8-2-1-3-10(6-8)12(14)15/h1-3,6,9H,4-5,7H2. The third-order valence-corrected chi connectivity index (χ3v) is 3.80. The maximum atomic E-state index is 12.0. The van der Waals surface area contributed by atoms with Crippen LogP contribution >= 0.6 is 11.8 Å². The minimum Gasteiger partial charge on any atom is -0.294 e. The highest BCUT2D eigenvalue weighted by Crippen LogP contribution is 2.27. The van der Waals surface area contributed by atoms with Crippen molar-refractivity contribution in [2.75, 3.05) is 11.5 Å². The Hall–Kier alpha value is -1.36. The second-order valence-corrected chi connectivity index (χ2v) is 4.88. The molecule has 0 amide bonds. The molecule has 16 heavy (non-hydrogen) atoms. The van der Waals surface area contributed by atoms with E-state index in [0.717, 1.165) is 17.9 Å². The molecule has 0 spiro atoms. The third-order valence-electron chi connectivity index (χ3n) is 2.64. The highest BCUT2D eigenvalue weighted by molar-refractivity contribution is 7.99. The summed E-state index contributed by atoms with van der Waals surface area (Å²) in [5, 5.41) is 10.6. The summed E-state index contributed by atoms with van der Waals surface area (Å²) >= 11 is 1.76. The molecule has 1 aliphatic rings. The molecule has 1 unspecified atom stereocenters. The number of carbonyl (C=O) groups excluding carboxylic acids is 1. The Morgan fingerprint density at radius 3 is 2.94 bits per heavy atom. The van der Waals surface area contributed by atoms with Gasteiger partial charge in [0, 0.05) is 29.4 Å². The molecule has 84 valence electrons. The number of carbonyl (C=O) groups is 1. The van der Waals surface area contributed by atoms with Gasteiger partial charge in [0.1, 0.15) is 0 Å². The fourth-order valence-corrected chi connectivity index (χ4v) is 2.97. The molecular formula is C11H11NO3S. The van der Waals surface area contributed by atoms with Crippen LogP contribution < -0.4 is 0 Å². The average molecular weight is 237 g/mol. The molecule has 1 heterocycles. The van der Waals surface area contributed by atoms with E-state index in [9.17, 15) is 14.9 Å². The molecule has 1 aromatic carbocycles. The first-order valence-electron chi connectivity index (χ1n) is 5.05. The minimum atomic E-state index is -0.472. The van der Waals surface area contributed by atoms with Gasteiger partial charge in [-0.2, -0.15) is 11.8 Å². The van der Waals surface area contributed by atoms with Crippen molar-refractivity contribution >= 4 is 23.2 Å². The van der Waals surface area contributed by atoms with E-state index < -0.39 is 4.92 Å². The maximum Gasteiger partial charge on any atom is 0.270 e. The molecule has 1 atom stereocenters. The smallest absolute Gasteiger partial charge is 0.270 e. The first-order valence-corrected chi connectivity index (χ1v) is 6.20. The number of nitrogens with zero attached hydrogens (tertiary/aromatic N) is 1. The normalized spacial score (nSPS) is 19.6. The van der Waals surface area contributed by atoms with Crippen molar-refractivity contribution < 1.29 is 9.72 Å². The number of ketones is 1. The zero-order valence-electron chi connectivity index (χ0n) is 8.59. The first-order chi connectivity index (χ1) is 7.68. The van der Waals surface area contributed by atoms with E-state index in [1.165, 1.54) is 12.1 Å². The molecule has 2 rings (SSSR count). The van der Waals surface area contributed by atoms with Crippen molar-refractivity contribution in [3.05, 3.63) is 39.9 Å². The quantitative estimate of drug-likeness (QED) is 0.460. The van der Waals surface area contributed by atoms with Gasteiger partial charge in [-0.25, -0.2) is 0 Å². The number of nitro benzene ring substituents is 1. The van der Waals surface area contributed by atoms with Crippen molar-refractivity contribution in [1.29, 1.82) is 0 Å². The fraction of sp³-hybridized carbons (Fsp3) is 0.364. The van der Waals surface area contributed by atoms with Crippen LogP contribution in [0, 0.1) is 16.0 Å². The van der Waals surface area contributed by atoms with Crippen LogP contribution in [-0.2, 0) is 0 Å². The molecule has 0 bridgehead atoms. The predicted octanol–water partition coefficient (Wildman–Crippen LogP) is 2.53. The van der Waals surface area contributed by atoms with E-state index in [1.54, 1.807) is 23.9 Å². The fourth-order valence-electron chi connectivity index (χ4n) is 1.75. The predicted molar refractivity (Wildman–Crippen MR) is 62.9 cm³/mol. The Bertz CT molecular complexity index is 427. The number of benzene rings is 1. The summed E-state index contributed by atoms with van der Waals surface area (Å²) in [7, 11) is 0. The summed E-state index contributed by atoms with van der Waals surface area (Å²) in [6.45, 7) is 0. The number of Topliss-reactive ketones (excluding diaryl/α,β-unsaturated/α-hetero) is 1. The molecule has 1 aromatic rings. The number of hydrogen-bond acceptors (Lipinski definition) is 4. The second-order valence-electron chi connectivity index (χ2n) is 3.73. The van der Waals surface area contributed by atoms with Gasteiger partial charge < -0.3 is 0 Å². The van der Waals surface area contributed by atoms with Gasteiger partial charge in [-0.1, -0.05) is 12.1 Å². The Balaban J connectivity index is 2.22. The van der Waals surface area contributed by atoms with Crippen LogP contribution in [0.3, 0.4) is 0 Å². The van der Waals surface area contributed by atoms with Crippen LogP contribution in [0.2, 0.25) is 0 Å². The lowest BCUT2D eigenvalue weighted by Crippen LogP contribution is -2.13. The van der Waals surface area contributed by atoms with Crippen molar-refractivity contribution in [1.82, 2.24) is 0 Å². The Morgan fingerprint density at radius 2 is 2.31 bits per heavy atom. The molecule has 0 aliphatic carbocycles. The van der Waals surface area contributed by atoms with E-state index in [-0.39, 0.29) is 17.4 Å². The van der Waals surface area contributed by atoms with Gasteiger partial charge in [0.2, 0.25) is 0 Å². The van der Waals surface area contributed by atoms with Gasteiger partial charge in [-0.15, -0.1) is 0 Å². The number of thioether (sulfide) groups is 1. The maximum absolute atomic E-state index is 12.0. The monoisotopic (exact) mass is 237 g/mol.